The predicted molar refractivity (Wildman–Crippen MR) is 175 cm³/mol. The highest BCUT2D eigenvalue weighted by molar-refractivity contribution is 5.89. The Morgan fingerprint density at radius 3 is 2.22 bits per heavy atom. The van der Waals surface area contributed by atoms with Gasteiger partial charge in [0, 0.05) is 5.41 Å². The van der Waals surface area contributed by atoms with Crippen molar-refractivity contribution in [3.8, 4) is 0 Å². The van der Waals surface area contributed by atoms with Crippen LogP contribution in [0.1, 0.15) is 123 Å². The molecule has 0 aliphatic heterocycles. The van der Waals surface area contributed by atoms with Gasteiger partial charge in [-0.1, -0.05) is 66.7 Å². The third kappa shape index (κ3) is 4.73. The fourth-order valence-electron chi connectivity index (χ4n) is 13.1. The molecule has 5 fully saturated rings. The van der Waals surface area contributed by atoms with E-state index in [0.29, 0.717) is 41.1 Å². The Morgan fingerprint density at radius 1 is 0.844 bits per heavy atom. The van der Waals surface area contributed by atoms with Crippen molar-refractivity contribution in [1.82, 2.24) is 5.32 Å². The predicted octanol–water partition coefficient (Wildman–Crippen LogP) is 8.15. The van der Waals surface area contributed by atoms with Gasteiger partial charge in [0.2, 0.25) is 5.91 Å². The molecule has 0 saturated heterocycles. The largest absolute Gasteiger partial charge is 0.480 e. The van der Waals surface area contributed by atoms with Crippen LogP contribution in [-0.4, -0.2) is 35.6 Å². The molecule has 0 aromatic heterocycles. The lowest BCUT2D eigenvalue weighted by atomic mass is 9.32. The quantitative estimate of drug-likeness (QED) is 0.314. The van der Waals surface area contributed by atoms with Gasteiger partial charge < -0.3 is 15.2 Å². The summed E-state index contributed by atoms with van der Waals surface area (Å²) in [6.07, 6.45) is 10.4. The van der Waals surface area contributed by atoms with E-state index in [1.807, 2.05) is 30.3 Å². The Balaban J connectivity index is 1.29. The number of carbonyl (C=O) groups excluding carboxylic acids is 2. The number of aliphatic carboxylic acids is 1. The zero-order valence-electron chi connectivity index (χ0n) is 28.8. The van der Waals surface area contributed by atoms with Crippen molar-refractivity contribution in [2.75, 3.05) is 6.54 Å². The van der Waals surface area contributed by atoms with Gasteiger partial charge in [0.1, 0.15) is 12.6 Å². The number of carboxylic acid groups (broad SMARTS) is 1. The van der Waals surface area contributed by atoms with Crippen LogP contribution in [0.5, 0.6) is 0 Å². The van der Waals surface area contributed by atoms with Crippen LogP contribution in [0.4, 0.5) is 0 Å². The van der Waals surface area contributed by atoms with Crippen LogP contribution in [0.3, 0.4) is 0 Å². The molecule has 1 aromatic carbocycles. The molecule has 0 spiro atoms. The zero-order valence-corrected chi connectivity index (χ0v) is 28.8. The number of hydrogen-bond donors (Lipinski definition) is 2. The number of hydrogen-bond acceptors (Lipinski definition) is 4. The van der Waals surface area contributed by atoms with Gasteiger partial charge in [0.15, 0.2) is 0 Å². The van der Waals surface area contributed by atoms with Gasteiger partial charge in [-0.3, -0.25) is 9.59 Å². The Kier molecular flexibility index (Phi) is 8.04. The molecule has 248 valence electrons. The van der Waals surface area contributed by atoms with Gasteiger partial charge in [-0.25, -0.2) is 4.79 Å². The van der Waals surface area contributed by atoms with Crippen molar-refractivity contribution in [3.63, 3.8) is 0 Å². The lowest BCUT2D eigenvalue weighted by molar-refractivity contribution is -0.247. The minimum Gasteiger partial charge on any atom is -0.480 e. The first-order valence-electron chi connectivity index (χ1n) is 17.9. The standard InChI is InChI=1S/C39H57NO5/c1-24(2)26-15-20-39(34(44)40-23-31(41)42)22-21-37(6)27(32(26)39)13-14-29-36(5)18-17-30(45-33(43)25-11-9-8-10-12-25)35(3,4)28(36)16-19-38(29,37)7/h8-12,24,26-30,32H,13-23H2,1-7H3,(H,40,44)(H,41,42)/t26-,27?,28?,29?,30+,32?,36-,37+,38+,39-/m0/s1. The average Bonchev–Trinajstić information content (AvgIpc) is 3.39. The molecule has 45 heavy (non-hydrogen) atoms. The molecule has 5 aliphatic carbocycles. The Morgan fingerprint density at radius 2 is 1.56 bits per heavy atom. The lowest BCUT2D eigenvalue weighted by Gasteiger charge is -2.73. The number of benzene rings is 1. The molecule has 0 radical (unpaired) electrons. The van der Waals surface area contributed by atoms with Crippen LogP contribution in [0, 0.1) is 62.6 Å². The van der Waals surface area contributed by atoms with Crippen molar-refractivity contribution in [2.24, 2.45) is 62.6 Å². The van der Waals surface area contributed by atoms with E-state index in [1.165, 1.54) is 12.8 Å². The molecule has 6 nitrogen and oxygen atoms in total. The van der Waals surface area contributed by atoms with Crippen molar-refractivity contribution >= 4 is 17.8 Å². The lowest BCUT2D eigenvalue weighted by Crippen LogP contribution is -2.67. The summed E-state index contributed by atoms with van der Waals surface area (Å²) in [5.74, 6) is 1.64. The molecule has 5 aliphatic rings. The smallest absolute Gasteiger partial charge is 0.338 e. The molecule has 6 heteroatoms. The van der Waals surface area contributed by atoms with Crippen molar-refractivity contribution in [1.29, 1.82) is 0 Å². The molecule has 5 saturated carbocycles. The molecule has 2 N–H and O–H groups in total. The maximum absolute atomic E-state index is 13.9. The first-order valence-corrected chi connectivity index (χ1v) is 17.9. The monoisotopic (exact) mass is 619 g/mol. The van der Waals surface area contributed by atoms with E-state index >= 15 is 0 Å². The van der Waals surface area contributed by atoms with Crippen LogP contribution >= 0.6 is 0 Å². The zero-order chi connectivity index (χ0) is 32.6. The normalized spacial score (nSPS) is 43.3. The van der Waals surface area contributed by atoms with Gasteiger partial charge in [-0.05, 0) is 128 Å². The van der Waals surface area contributed by atoms with E-state index in [1.54, 1.807) is 0 Å². The van der Waals surface area contributed by atoms with E-state index in [2.05, 4.69) is 53.8 Å². The number of nitrogens with one attached hydrogen (secondary N) is 1. The molecule has 10 atom stereocenters. The van der Waals surface area contributed by atoms with Crippen molar-refractivity contribution in [3.05, 3.63) is 35.9 Å². The first-order chi connectivity index (χ1) is 21.1. The summed E-state index contributed by atoms with van der Waals surface area (Å²) in [5, 5.41) is 12.2. The second kappa shape index (κ2) is 11.1. The first kappa shape index (κ1) is 32.6. The number of carboxylic acids is 1. The fourth-order valence-corrected chi connectivity index (χ4v) is 13.1. The Hall–Kier alpha value is -2.37. The second-order valence-corrected chi connectivity index (χ2v) is 17.5. The van der Waals surface area contributed by atoms with E-state index in [0.717, 1.165) is 51.4 Å². The van der Waals surface area contributed by atoms with Crippen LogP contribution in [0.15, 0.2) is 30.3 Å². The number of carbonyl (C=O) groups is 3. The summed E-state index contributed by atoms with van der Waals surface area (Å²) in [4.78, 5) is 38.5. The molecule has 6 rings (SSSR count). The van der Waals surface area contributed by atoms with Gasteiger partial charge in [-0.2, -0.15) is 0 Å². The highest BCUT2D eigenvalue weighted by atomic mass is 16.5. The van der Waals surface area contributed by atoms with E-state index in [-0.39, 0.29) is 46.2 Å². The number of esters is 1. The molecule has 0 heterocycles. The SMILES string of the molecule is CC(C)[C@@H]1CC[C@]2(C(=O)NCC(=O)O)CC[C@]3(C)C(CCC4[C@@]5(C)CC[C@@H](OC(=O)c6ccccc6)C(C)(C)C5CC[C@]43C)C12. The molecule has 4 unspecified atom stereocenters. The third-order valence-corrected chi connectivity index (χ3v) is 15.4. The van der Waals surface area contributed by atoms with Crippen LogP contribution in [0.25, 0.3) is 0 Å². The topological polar surface area (TPSA) is 92.7 Å². The Labute approximate surface area is 270 Å². The number of amides is 1. The summed E-state index contributed by atoms with van der Waals surface area (Å²) in [6.45, 7) is 16.8. The Bertz CT molecular complexity index is 1320. The van der Waals surface area contributed by atoms with E-state index in [4.69, 9.17) is 4.74 Å². The van der Waals surface area contributed by atoms with Crippen LogP contribution in [-0.2, 0) is 14.3 Å². The fraction of sp³-hybridized carbons (Fsp3) is 0.769. The third-order valence-electron chi connectivity index (χ3n) is 15.4. The molecule has 1 amide bonds. The summed E-state index contributed by atoms with van der Waals surface area (Å²) in [6, 6.07) is 9.40. The highest BCUT2D eigenvalue weighted by Crippen LogP contribution is 2.77. The van der Waals surface area contributed by atoms with Gasteiger partial charge in [0.05, 0.1) is 11.0 Å². The summed E-state index contributed by atoms with van der Waals surface area (Å²) < 4.78 is 6.29. The average molecular weight is 620 g/mol. The van der Waals surface area contributed by atoms with Gasteiger partial charge in [-0.15, -0.1) is 0 Å². The van der Waals surface area contributed by atoms with Crippen LogP contribution in [0.2, 0.25) is 0 Å². The van der Waals surface area contributed by atoms with Gasteiger partial charge >= 0.3 is 11.9 Å². The minimum absolute atomic E-state index is 0.00633. The van der Waals surface area contributed by atoms with Crippen molar-refractivity contribution in [2.45, 2.75) is 119 Å². The minimum atomic E-state index is -0.971. The van der Waals surface area contributed by atoms with Crippen LogP contribution < -0.4 is 5.32 Å². The summed E-state index contributed by atoms with van der Waals surface area (Å²) >= 11 is 0. The molecular weight excluding hydrogens is 562 g/mol. The number of ether oxygens (including phenoxy) is 1. The number of rotatable bonds is 6. The van der Waals surface area contributed by atoms with Crippen molar-refractivity contribution < 1.29 is 24.2 Å². The van der Waals surface area contributed by atoms with E-state index in [9.17, 15) is 19.5 Å². The second-order valence-electron chi connectivity index (χ2n) is 17.5. The maximum Gasteiger partial charge on any atom is 0.338 e. The molecular formula is C39H57NO5. The maximum atomic E-state index is 13.9. The molecule has 0 bridgehead atoms. The molecule has 1 aromatic rings. The van der Waals surface area contributed by atoms with Gasteiger partial charge in [0.25, 0.3) is 0 Å². The van der Waals surface area contributed by atoms with E-state index < -0.39 is 11.4 Å². The number of fused-ring (bicyclic) bond motifs is 7. The highest BCUT2D eigenvalue weighted by Gasteiger charge is 2.72. The summed E-state index contributed by atoms with van der Waals surface area (Å²) in [7, 11) is 0. The summed E-state index contributed by atoms with van der Waals surface area (Å²) in [5.41, 5.74) is 0.527.